The first-order valence-electron chi connectivity index (χ1n) is 6.43. The lowest BCUT2D eigenvalue weighted by Crippen LogP contribution is -2.51. The molecule has 1 rings (SSSR count). The maximum atomic E-state index is 13.0. The summed E-state index contributed by atoms with van der Waals surface area (Å²) >= 11 is 0. The monoisotopic (exact) mass is 299 g/mol. The molecule has 1 atom stereocenters. The molecule has 0 aliphatic carbocycles. The highest BCUT2D eigenvalue weighted by Crippen LogP contribution is 2.14. The number of halogens is 2. The van der Waals surface area contributed by atoms with Crippen LogP contribution in [0.3, 0.4) is 0 Å². The number of rotatable bonds is 3. The van der Waals surface area contributed by atoms with E-state index < -0.39 is 35.2 Å². The van der Waals surface area contributed by atoms with Gasteiger partial charge in [0.1, 0.15) is 6.04 Å². The summed E-state index contributed by atoms with van der Waals surface area (Å²) in [6.07, 6.45) is 0. The number of carbonyl (C=O) groups is 2. The first kappa shape index (κ1) is 16.9. The fourth-order valence-corrected chi connectivity index (χ4v) is 1.49. The van der Waals surface area contributed by atoms with Crippen molar-refractivity contribution in [1.82, 2.24) is 10.6 Å². The Morgan fingerprint density at radius 3 is 2.29 bits per heavy atom. The lowest BCUT2D eigenvalue weighted by atomic mass is 10.1. The minimum Gasteiger partial charge on any atom is -0.374 e. The van der Waals surface area contributed by atoms with Crippen LogP contribution in [-0.4, -0.2) is 23.5 Å². The molecule has 0 aliphatic rings. The molecule has 0 radical (unpaired) electrons. The second-order valence-corrected chi connectivity index (χ2v) is 5.69. The van der Waals surface area contributed by atoms with Crippen molar-refractivity contribution in [2.24, 2.45) is 0 Å². The summed E-state index contributed by atoms with van der Waals surface area (Å²) in [6.45, 7) is 6.83. The van der Waals surface area contributed by atoms with Gasteiger partial charge in [-0.2, -0.15) is 0 Å². The maximum absolute atomic E-state index is 13.0. The zero-order valence-electron chi connectivity index (χ0n) is 12.4. The highest BCUT2D eigenvalue weighted by molar-refractivity contribution is 5.98. The molecule has 1 aromatic carbocycles. The number of benzene rings is 1. The van der Waals surface area contributed by atoms with Gasteiger partial charge in [-0.15, -0.1) is 0 Å². The zero-order valence-corrected chi connectivity index (χ0v) is 12.4. The number of urea groups is 1. The van der Waals surface area contributed by atoms with Crippen LogP contribution in [0.15, 0.2) is 18.2 Å². The normalized spacial score (nSPS) is 12.5. The zero-order chi connectivity index (χ0) is 16.2. The third kappa shape index (κ3) is 5.76. The fourth-order valence-electron chi connectivity index (χ4n) is 1.49. The number of imide groups is 1. The number of carbonyl (C=O) groups excluding carboxylic acids is 2. The molecule has 0 saturated carbocycles. The molecule has 0 aromatic heterocycles. The van der Waals surface area contributed by atoms with E-state index in [1.54, 1.807) is 20.8 Å². The summed E-state index contributed by atoms with van der Waals surface area (Å²) in [5.41, 5.74) is -0.228. The second kappa shape index (κ2) is 6.51. The maximum Gasteiger partial charge on any atom is 0.321 e. The predicted octanol–water partition coefficient (Wildman–Crippen LogP) is 2.39. The molecule has 0 bridgehead atoms. The first-order chi connectivity index (χ1) is 9.58. The SMILES string of the molecule is CC(Nc1ccc(F)c(F)c1)C(=O)NC(=O)NC(C)(C)C. The number of hydrogen-bond acceptors (Lipinski definition) is 3. The van der Waals surface area contributed by atoms with Crippen molar-refractivity contribution in [3.05, 3.63) is 29.8 Å². The van der Waals surface area contributed by atoms with Crippen LogP contribution in [0.4, 0.5) is 19.3 Å². The Hall–Kier alpha value is -2.18. The van der Waals surface area contributed by atoms with Crippen LogP contribution in [0.1, 0.15) is 27.7 Å². The summed E-state index contributed by atoms with van der Waals surface area (Å²) < 4.78 is 25.8. The molecule has 3 amide bonds. The largest absolute Gasteiger partial charge is 0.374 e. The number of hydrogen-bond donors (Lipinski definition) is 3. The van der Waals surface area contributed by atoms with Gasteiger partial charge in [-0.3, -0.25) is 10.1 Å². The Kier molecular flexibility index (Phi) is 5.23. The first-order valence-corrected chi connectivity index (χ1v) is 6.43. The smallest absolute Gasteiger partial charge is 0.321 e. The molecule has 0 spiro atoms. The Morgan fingerprint density at radius 1 is 1.14 bits per heavy atom. The van der Waals surface area contributed by atoms with Crippen LogP contribution in [0.25, 0.3) is 0 Å². The molecular formula is C14H19F2N3O2. The van der Waals surface area contributed by atoms with E-state index in [0.717, 1.165) is 12.1 Å². The van der Waals surface area contributed by atoms with E-state index in [2.05, 4.69) is 16.0 Å². The van der Waals surface area contributed by atoms with Crippen molar-refractivity contribution in [1.29, 1.82) is 0 Å². The van der Waals surface area contributed by atoms with Crippen LogP contribution in [0.5, 0.6) is 0 Å². The highest BCUT2D eigenvalue weighted by Gasteiger charge is 2.19. The van der Waals surface area contributed by atoms with Crippen molar-refractivity contribution >= 4 is 17.6 Å². The van der Waals surface area contributed by atoms with Gasteiger partial charge in [0, 0.05) is 17.3 Å². The fraction of sp³-hybridized carbons (Fsp3) is 0.429. The van der Waals surface area contributed by atoms with E-state index in [9.17, 15) is 18.4 Å². The molecule has 0 fully saturated rings. The van der Waals surface area contributed by atoms with E-state index in [0.29, 0.717) is 0 Å². The van der Waals surface area contributed by atoms with Crippen molar-refractivity contribution < 1.29 is 18.4 Å². The van der Waals surface area contributed by atoms with Gasteiger partial charge in [0.2, 0.25) is 5.91 Å². The van der Waals surface area contributed by atoms with Crippen molar-refractivity contribution in [2.45, 2.75) is 39.3 Å². The Bertz CT molecular complexity index is 542. The lowest BCUT2D eigenvalue weighted by molar-refractivity contribution is -0.120. The van der Waals surface area contributed by atoms with Crippen molar-refractivity contribution in [3.63, 3.8) is 0 Å². The molecule has 1 unspecified atom stereocenters. The Labute approximate surface area is 122 Å². The quantitative estimate of drug-likeness (QED) is 0.802. The molecule has 0 heterocycles. The van der Waals surface area contributed by atoms with Gasteiger partial charge in [-0.05, 0) is 39.8 Å². The van der Waals surface area contributed by atoms with Gasteiger partial charge < -0.3 is 10.6 Å². The molecule has 7 heteroatoms. The number of amides is 3. The number of nitrogens with one attached hydrogen (secondary N) is 3. The van der Waals surface area contributed by atoms with Gasteiger partial charge in [-0.25, -0.2) is 13.6 Å². The third-order valence-electron chi connectivity index (χ3n) is 2.42. The second-order valence-electron chi connectivity index (χ2n) is 5.69. The Morgan fingerprint density at radius 2 is 1.76 bits per heavy atom. The van der Waals surface area contributed by atoms with Crippen molar-refractivity contribution in [3.8, 4) is 0 Å². The molecule has 0 aliphatic heterocycles. The van der Waals surface area contributed by atoms with Gasteiger partial charge in [0.05, 0.1) is 0 Å². The minimum absolute atomic E-state index is 0.243. The standard InChI is InChI=1S/C14H19F2N3O2/c1-8(12(20)18-13(21)19-14(2,3)4)17-9-5-6-10(15)11(16)7-9/h5-8,17H,1-4H3,(H2,18,19,20,21). The van der Waals surface area contributed by atoms with Gasteiger partial charge in [0.15, 0.2) is 11.6 Å². The van der Waals surface area contributed by atoms with E-state index in [-0.39, 0.29) is 5.69 Å². The molecular weight excluding hydrogens is 280 g/mol. The highest BCUT2D eigenvalue weighted by atomic mass is 19.2. The topological polar surface area (TPSA) is 70.2 Å². The van der Waals surface area contributed by atoms with E-state index >= 15 is 0 Å². The predicted molar refractivity (Wildman–Crippen MR) is 75.9 cm³/mol. The molecule has 3 N–H and O–H groups in total. The molecule has 1 aromatic rings. The van der Waals surface area contributed by atoms with Crippen LogP contribution >= 0.6 is 0 Å². The van der Waals surface area contributed by atoms with Gasteiger partial charge in [-0.1, -0.05) is 0 Å². The Balaban J connectivity index is 2.58. The van der Waals surface area contributed by atoms with Gasteiger partial charge in [0.25, 0.3) is 0 Å². The lowest BCUT2D eigenvalue weighted by Gasteiger charge is -2.21. The van der Waals surface area contributed by atoms with E-state index in [1.165, 1.54) is 13.0 Å². The van der Waals surface area contributed by atoms with Crippen LogP contribution in [-0.2, 0) is 4.79 Å². The van der Waals surface area contributed by atoms with Crippen molar-refractivity contribution in [2.75, 3.05) is 5.32 Å². The minimum atomic E-state index is -1.02. The average molecular weight is 299 g/mol. The summed E-state index contributed by atoms with van der Waals surface area (Å²) in [4.78, 5) is 23.3. The summed E-state index contributed by atoms with van der Waals surface area (Å²) in [7, 11) is 0. The van der Waals surface area contributed by atoms with E-state index in [1.807, 2.05) is 0 Å². The molecule has 21 heavy (non-hydrogen) atoms. The van der Waals surface area contributed by atoms with Crippen LogP contribution in [0, 0.1) is 11.6 Å². The molecule has 5 nitrogen and oxygen atoms in total. The van der Waals surface area contributed by atoms with Crippen LogP contribution in [0.2, 0.25) is 0 Å². The molecule has 0 saturated heterocycles. The van der Waals surface area contributed by atoms with E-state index in [4.69, 9.17) is 0 Å². The van der Waals surface area contributed by atoms with Crippen LogP contribution < -0.4 is 16.0 Å². The summed E-state index contributed by atoms with van der Waals surface area (Å²) in [5, 5.41) is 7.42. The average Bonchev–Trinajstić information content (AvgIpc) is 2.31. The molecule has 116 valence electrons. The number of anilines is 1. The van der Waals surface area contributed by atoms with Gasteiger partial charge >= 0.3 is 6.03 Å². The summed E-state index contributed by atoms with van der Waals surface area (Å²) in [6, 6.07) is 1.78. The third-order valence-corrected chi connectivity index (χ3v) is 2.42. The summed E-state index contributed by atoms with van der Waals surface area (Å²) in [5.74, 6) is -2.57.